The van der Waals surface area contributed by atoms with E-state index < -0.39 is 6.10 Å². The number of rotatable bonds is 4. The molecule has 0 aliphatic heterocycles. The van der Waals surface area contributed by atoms with Gasteiger partial charge in [0.05, 0.1) is 28.2 Å². The maximum absolute atomic E-state index is 10.4. The molecule has 0 aliphatic rings. The first-order valence-corrected chi connectivity index (χ1v) is 7.19. The third kappa shape index (κ3) is 2.57. The van der Waals surface area contributed by atoms with E-state index in [0.29, 0.717) is 22.2 Å². The first-order chi connectivity index (χ1) is 9.36. The van der Waals surface area contributed by atoms with Crippen LogP contribution >= 0.6 is 23.2 Å². The Morgan fingerprint density at radius 2 is 1.85 bits per heavy atom. The van der Waals surface area contributed by atoms with Gasteiger partial charge in [-0.25, -0.2) is 0 Å². The van der Waals surface area contributed by atoms with Crippen molar-refractivity contribution < 1.29 is 5.11 Å². The number of halogens is 2. The summed E-state index contributed by atoms with van der Waals surface area (Å²) in [5.41, 5.74) is 3.00. The van der Waals surface area contributed by atoms with Gasteiger partial charge in [-0.15, -0.1) is 0 Å². The minimum atomic E-state index is -0.756. The summed E-state index contributed by atoms with van der Waals surface area (Å²) in [6.45, 7) is 3.82. The highest BCUT2D eigenvalue weighted by atomic mass is 35.5. The monoisotopic (exact) mass is 316 g/mol. The standard InChI is InChI=1S/C13H18Cl2N4O/c1-5-8-12(14)9(18(3)17-8)6-10(20)11-7(2)16-19(4)13(11)15/h10,20H,5-6H2,1-4H3. The summed E-state index contributed by atoms with van der Waals surface area (Å²) in [4.78, 5) is 0. The zero-order valence-electron chi connectivity index (χ0n) is 12.0. The van der Waals surface area contributed by atoms with E-state index in [1.165, 1.54) is 0 Å². The summed E-state index contributed by atoms with van der Waals surface area (Å²) in [6, 6.07) is 0. The van der Waals surface area contributed by atoms with Crippen LogP contribution < -0.4 is 0 Å². The molecule has 0 spiro atoms. The second-order valence-corrected chi connectivity index (χ2v) is 5.55. The van der Waals surface area contributed by atoms with Crippen LogP contribution in [0.4, 0.5) is 0 Å². The Kier molecular flexibility index (Phi) is 4.42. The molecule has 1 atom stereocenters. The Balaban J connectivity index is 2.32. The molecule has 0 saturated carbocycles. The van der Waals surface area contributed by atoms with Crippen LogP contribution in [0.1, 0.15) is 35.7 Å². The molecule has 0 bridgehead atoms. The van der Waals surface area contributed by atoms with Gasteiger partial charge in [-0.3, -0.25) is 9.36 Å². The molecule has 0 radical (unpaired) electrons. The highest BCUT2D eigenvalue weighted by Crippen LogP contribution is 2.31. The first-order valence-electron chi connectivity index (χ1n) is 6.44. The minimum absolute atomic E-state index is 0.356. The van der Waals surface area contributed by atoms with E-state index in [1.54, 1.807) is 16.4 Å². The number of nitrogens with zero attached hydrogens (tertiary/aromatic N) is 4. The number of hydrogen-bond donors (Lipinski definition) is 1. The van der Waals surface area contributed by atoms with Crippen molar-refractivity contribution in [3.05, 3.63) is 32.8 Å². The molecular weight excluding hydrogens is 299 g/mol. The molecule has 7 heteroatoms. The van der Waals surface area contributed by atoms with Crippen LogP contribution in [0.5, 0.6) is 0 Å². The summed E-state index contributed by atoms with van der Waals surface area (Å²) < 4.78 is 3.27. The Labute approximate surface area is 128 Å². The number of hydrogen-bond acceptors (Lipinski definition) is 3. The van der Waals surface area contributed by atoms with Crippen molar-refractivity contribution in [3.8, 4) is 0 Å². The van der Waals surface area contributed by atoms with E-state index in [1.807, 2.05) is 20.9 Å². The molecular formula is C13H18Cl2N4O. The molecule has 0 fully saturated rings. The van der Waals surface area contributed by atoms with Gasteiger partial charge >= 0.3 is 0 Å². The van der Waals surface area contributed by atoms with Gasteiger partial charge in [0, 0.05) is 26.1 Å². The van der Waals surface area contributed by atoms with Gasteiger partial charge in [0.15, 0.2) is 0 Å². The van der Waals surface area contributed by atoms with Crippen molar-refractivity contribution in [2.45, 2.75) is 32.8 Å². The van der Waals surface area contributed by atoms with Gasteiger partial charge < -0.3 is 5.11 Å². The van der Waals surface area contributed by atoms with E-state index >= 15 is 0 Å². The average Bonchev–Trinajstić information content (AvgIpc) is 2.79. The van der Waals surface area contributed by atoms with Crippen molar-refractivity contribution in [1.29, 1.82) is 0 Å². The fourth-order valence-electron chi connectivity index (χ4n) is 2.35. The van der Waals surface area contributed by atoms with Crippen LogP contribution in [0.3, 0.4) is 0 Å². The van der Waals surface area contributed by atoms with E-state index in [9.17, 15) is 5.11 Å². The zero-order valence-corrected chi connectivity index (χ0v) is 13.5. The molecule has 5 nitrogen and oxygen atoms in total. The lowest BCUT2D eigenvalue weighted by atomic mass is 10.1. The highest BCUT2D eigenvalue weighted by molar-refractivity contribution is 6.32. The van der Waals surface area contributed by atoms with Crippen molar-refractivity contribution in [2.75, 3.05) is 0 Å². The summed E-state index contributed by atoms with van der Waals surface area (Å²) in [5, 5.41) is 20.1. The van der Waals surface area contributed by atoms with Crippen molar-refractivity contribution in [2.24, 2.45) is 14.1 Å². The van der Waals surface area contributed by atoms with E-state index in [4.69, 9.17) is 23.2 Å². The molecule has 110 valence electrons. The molecule has 2 rings (SSSR count). The van der Waals surface area contributed by atoms with Crippen molar-refractivity contribution in [3.63, 3.8) is 0 Å². The highest BCUT2D eigenvalue weighted by Gasteiger charge is 2.23. The molecule has 0 aromatic carbocycles. The van der Waals surface area contributed by atoms with Crippen LogP contribution in [-0.2, 0) is 26.9 Å². The van der Waals surface area contributed by atoms with Gasteiger partial charge in [0.25, 0.3) is 0 Å². The Bertz CT molecular complexity index is 633. The number of aliphatic hydroxyl groups excluding tert-OH is 1. The summed E-state index contributed by atoms with van der Waals surface area (Å²) in [6.07, 6.45) is 0.359. The fraction of sp³-hybridized carbons (Fsp3) is 0.538. The molecule has 2 aromatic rings. The van der Waals surface area contributed by atoms with Crippen LogP contribution in [-0.4, -0.2) is 24.7 Å². The fourth-order valence-corrected chi connectivity index (χ4v) is 3.02. The topological polar surface area (TPSA) is 55.9 Å². The van der Waals surface area contributed by atoms with Gasteiger partial charge in [-0.05, 0) is 13.3 Å². The first kappa shape index (κ1) is 15.4. The van der Waals surface area contributed by atoms with Crippen LogP contribution in [0.2, 0.25) is 10.2 Å². The largest absolute Gasteiger partial charge is 0.388 e. The lowest BCUT2D eigenvalue weighted by Crippen LogP contribution is -2.08. The van der Waals surface area contributed by atoms with E-state index in [-0.39, 0.29) is 0 Å². The lowest BCUT2D eigenvalue weighted by molar-refractivity contribution is 0.175. The van der Waals surface area contributed by atoms with E-state index in [2.05, 4.69) is 10.2 Å². The van der Waals surface area contributed by atoms with Crippen LogP contribution in [0.15, 0.2) is 0 Å². The van der Waals surface area contributed by atoms with Gasteiger partial charge in [0.2, 0.25) is 0 Å². The Morgan fingerprint density at radius 3 is 2.30 bits per heavy atom. The molecule has 1 unspecified atom stereocenters. The van der Waals surface area contributed by atoms with Crippen molar-refractivity contribution >= 4 is 23.2 Å². The molecule has 1 N–H and O–H groups in total. The SMILES string of the molecule is CCc1nn(C)c(CC(O)c2c(C)nn(C)c2Cl)c1Cl. The summed E-state index contributed by atoms with van der Waals surface area (Å²) in [7, 11) is 3.57. The lowest BCUT2D eigenvalue weighted by Gasteiger charge is -2.11. The summed E-state index contributed by atoms with van der Waals surface area (Å²) in [5.74, 6) is 0. The predicted octanol–water partition coefficient (Wildman–Crippen LogP) is 2.61. The zero-order chi connectivity index (χ0) is 15.0. The van der Waals surface area contributed by atoms with Crippen molar-refractivity contribution in [1.82, 2.24) is 19.6 Å². The average molecular weight is 317 g/mol. The number of aliphatic hydroxyl groups is 1. The van der Waals surface area contributed by atoms with Gasteiger partial charge in [-0.2, -0.15) is 10.2 Å². The second-order valence-electron chi connectivity index (χ2n) is 4.82. The molecule has 0 aliphatic carbocycles. The normalized spacial score (nSPS) is 12.9. The summed E-state index contributed by atoms with van der Waals surface area (Å²) >= 11 is 12.5. The maximum Gasteiger partial charge on any atom is 0.132 e. The minimum Gasteiger partial charge on any atom is -0.388 e. The molecule has 20 heavy (non-hydrogen) atoms. The third-order valence-electron chi connectivity index (χ3n) is 3.42. The number of aryl methyl sites for hydroxylation is 4. The third-order valence-corrected chi connectivity index (χ3v) is 4.30. The quantitative estimate of drug-likeness (QED) is 0.943. The smallest absolute Gasteiger partial charge is 0.132 e. The Morgan fingerprint density at radius 1 is 1.20 bits per heavy atom. The van der Waals surface area contributed by atoms with Crippen LogP contribution in [0, 0.1) is 6.92 Å². The van der Waals surface area contributed by atoms with Gasteiger partial charge in [0.1, 0.15) is 5.15 Å². The number of aromatic nitrogens is 4. The Hall–Kier alpha value is -1.04. The molecule has 0 amide bonds. The van der Waals surface area contributed by atoms with Gasteiger partial charge in [-0.1, -0.05) is 30.1 Å². The second kappa shape index (κ2) is 5.76. The molecule has 2 aromatic heterocycles. The molecule has 2 heterocycles. The van der Waals surface area contributed by atoms with Crippen LogP contribution in [0.25, 0.3) is 0 Å². The maximum atomic E-state index is 10.4. The van der Waals surface area contributed by atoms with E-state index in [0.717, 1.165) is 23.5 Å². The molecule has 0 saturated heterocycles. The predicted molar refractivity (Wildman–Crippen MR) is 79.2 cm³/mol.